The summed E-state index contributed by atoms with van der Waals surface area (Å²) in [6.07, 6.45) is 4.48. The number of hydrogen-bond donors (Lipinski definition) is 0. The van der Waals surface area contributed by atoms with Gasteiger partial charge in [0, 0.05) is 6.04 Å². The SMILES string of the molecule is CCCCC1CC1N1C(=O)c2ccccc2C1=O. The minimum absolute atomic E-state index is 0.0976. The second-order valence-electron chi connectivity index (χ2n) is 5.23. The molecule has 0 spiro atoms. The van der Waals surface area contributed by atoms with E-state index in [-0.39, 0.29) is 17.9 Å². The second-order valence-corrected chi connectivity index (χ2v) is 5.23. The van der Waals surface area contributed by atoms with Crippen LogP contribution in [0.1, 0.15) is 53.3 Å². The van der Waals surface area contributed by atoms with Gasteiger partial charge in [-0.2, -0.15) is 0 Å². The lowest BCUT2D eigenvalue weighted by Gasteiger charge is -2.13. The maximum Gasteiger partial charge on any atom is 0.261 e. The van der Waals surface area contributed by atoms with Crippen LogP contribution in [0.3, 0.4) is 0 Å². The smallest absolute Gasteiger partial charge is 0.261 e. The zero-order chi connectivity index (χ0) is 12.7. The molecule has 1 aliphatic carbocycles. The molecule has 1 aromatic carbocycles. The van der Waals surface area contributed by atoms with Crippen LogP contribution in [0.25, 0.3) is 0 Å². The number of unbranched alkanes of at least 4 members (excludes halogenated alkanes) is 1. The molecule has 18 heavy (non-hydrogen) atoms. The summed E-state index contributed by atoms with van der Waals surface area (Å²) >= 11 is 0. The van der Waals surface area contributed by atoms with Gasteiger partial charge in [0.2, 0.25) is 0 Å². The van der Waals surface area contributed by atoms with Gasteiger partial charge < -0.3 is 0 Å². The average Bonchev–Trinajstić information content (AvgIpc) is 3.10. The highest BCUT2D eigenvalue weighted by Gasteiger charge is 2.49. The van der Waals surface area contributed by atoms with Crippen LogP contribution in [-0.4, -0.2) is 22.8 Å². The Morgan fingerprint density at radius 2 is 1.78 bits per heavy atom. The average molecular weight is 243 g/mol. The number of carbonyl (C=O) groups is 2. The van der Waals surface area contributed by atoms with Gasteiger partial charge in [-0.15, -0.1) is 0 Å². The molecule has 2 amide bonds. The summed E-state index contributed by atoms with van der Waals surface area (Å²) in [5, 5.41) is 0. The number of rotatable bonds is 4. The monoisotopic (exact) mass is 243 g/mol. The molecule has 3 heteroatoms. The van der Waals surface area contributed by atoms with Crippen molar-refractivity contribution in [1.82, 2.24) is 4.90 Å². The molecule has 2 atom stereocenters. The van der Waals surface area contributed by atoms with Crippen molar-refractivity contribution in [3.8, 4) is 0 Å². The van der Waals surface area contributed by atoms with E-state index in [1.807, 2.05) is 12.1 Å². The van der Waals surface area contributed by atoms with E-state index >= 15 is 0 Å². The lowest BCUT2D eigenvalue weighted by molar-refractivity contribution is 0.0633. The van der Waals surface area contributed by atoms with Crippen LogP contribution in [-0.2, 0) is 0 Å². The van der Waals surface area contributed by atoms with Crippen LogP contribution in [0, 0.1) is 5.92 Å². The summed E-state index contributed by atoms with van der Waals surface area (Å²) in [5.41, 5.74) is 1.15. The van der Waals surface area contributed by atoms with Gasteiger partial charge >= 0.3 is 0 Å². The van der Waals surface area contributed by atoms with E-state index in [0.29, 0.717) is 17.0 Å². The highest BCUT2D eigenvalue weighted by Crippen LogP contribution is 2.43. The Kier molecular flexibility index (Phi) is 2.69. The van der Waals surface area contributed by atoms with E-state index in [1.165, 1.54) is 17.7 Å². The molecule has 1 saturated carbocycles. The first-order valence-electron chi connectivity index (χ1n) is 6.71. The zero-order valence-corrected chi connectivity index (χ0v) is 10.6. The highest BCUT2D eigenvalue weighted by atomic mass is 16.2. The second kappa shape index (κ2) is 4.23. The molecule has 1 heterocycles. The van der Waals surface area contributed by atoms with Crippen LogP contribution >= 0.6 is 0 Å². The molecular weight excluding hydrogens is 226 g/mol. The maximum atomic E-state index is 12.2. The summed E-state index contributed by atoms with van der Waals surface area (Å²) in [7, 11) is 0. The Morgan fingerprint density at radius 1 is 1.17 bits per heavy atom. The number of amides is 2. The number of fused-ring (bicyclic) bond motifs is 1. The van der Waals surface area contributed by atoms with Gasteiger partial charge in [0.05, 0.1) is 11.1 Å². The summed E-state index contributed by atoms with van der Waals surface area (Å²) < 4.78 is 0. The van der Waals surface area contributed by atoms with Crippen molar-refractivity contribution in [3.63, 3.8) is 0 Å². The normalized spacial score (nSPS) is 25.5. The number of nitrogens with zero attached hydrogens (tertiary/aromatic N) is 1. The minimum atomic E-state index is -0.0976. The molecule has 0 radical (unpaired) electrons. The molecule has 94 valence electrons. The molecular formula is C15H17NO2. The molecule has 1 fully saturated rings. The molecule has 1 aliphatic heterocycles. The fourth-order valence-corrected chi connectivity index (χ4v) is 2.83. The lowest BCUT2D eigenvalue weighted by atomic mass is 10.1. The Hall–Kier alpha value is -1.64. The molecule has 0 aromatic heterocycles. The topological polar surface area (TPSA) is 37.4 Å². The fourth-order valence-electron chi connectivity index (χ4n) is 2.83. The fraction of sp³-hybridized carbons (Fsp3) is 0.467. The third-order valence-electron chi connectivity index (χ3n) is 3.97. The van der Waals surface area contributed by atoms with Crippen molar-refractivity contribution in [3.05, 3.63) is 35.4 Å². The largest absolute Gasteiger partial charge is 0.271 e. The van der Waals surface area contributed by atoms with Gasteiger partial charge in [0.25, 0.3) is 11.8 Å². The van der Waals surface area contributed by atoms with Crippen LogP contribution in [0.5, 0.6) is 0 Å². The predicted octanol–water partition coefficient (Wildman–Crippen LogP) is 2.86. The minimum Gasteiger partial charge on any atom is -0.271 e. The van der Waals surface area contributed by atoms with Gasteiger partial charge in [-0.1, -0.05) is 31.9 Å². The summed E-state index contributed by atoms with van der Waals surface area (Å²) in [4.78, 5) is 25.9. The standard InChI is InChI=1S/C15H17NO2/c1-2-3-6-10-9-13(10)16-14(17)11-7-4-5-8-12(11)15(16)18/h4-5,7-8,10,13H,2-3,6,9H2,1H3. The first-order chi connectivity index (χ1) is 8.74. The molecule has 3 nitrogen and oxygen atoms in total. The molecule has 2 aliphatic rings. The molecule has 0 bridgehead atoms. The van der Waals surface area contributed by atoms with Gasteiger partial charge in [0.1, 0.15) is 0 Å². The van der Waals surface area contributed by atoms with Gasteiger partial charge in [-0.25, -0.2) is 0 Å². The van der Waals surface area contributed by atoms with Crippen molar-refractivity contribution in [2.75, 3.05) is 0 Å². The Balaban J connectivity index is 1.78. The Morgan fingerprint density at radius 3 is 2.33 bits per heavy atom. The third kappa shape index (κ3) is 1.65. The van der Waals surface area contributed by atoms with Crippen molar-refractivity contribution in [2.24, 2.45) is 5.92 Å². The quantitative estimate of drug-likeness (QED) is 0.762. The van der Waals surface area contributed by atoms with Crippen LogP contribution in [0.4, 0.5) is 0 Å². The van der Waals surface area contributed by atoms with E-state index in [4.69, 9.17) is 0 Å². The molecule has 2 unspecified atom stereocenters. The molecule has 1 aromatic rings. The molecule has 0 saturated heterocycles. The summed E-state index contributed by atoms with van der Waals surface area (Å²) in [6, 6.07) is 7.28. The summed E-state index contributed by atoms with van der Waals surface area (Å²) in [5.74, 6) is 0.339. The first kappa shape index (κ1) is 11.5. The van der Waals surface area contributed by atoms with Gasteiger partial charge in [-0.05, 0) is 30.9 Å². The van der Waals surface area contributed by atoms with Crippen molar-refractivity contribution in [1.29, 1.82) is 0 Å². The Labute approximate surface area is 107 Å². The van der Waals surface area contributed by atoms with Crippen LogP contribution < -0.4 is 0 Å². The van der Waals surface area contributed by atoms with Gasteiger partial charge in [-0.3, -0.25) is 14.5 Å². The van der Waals surface area contributed by atoms with Crippen molar-refractivity contribution >= 4 is 11.8 Å². The zero-order valence-electron chi connectivity index (χ0n) is 10.6. The van der Waals surface area contributed by atoms with E-state index in [2.05, 4.69) is 6.92 Å². The summed E-state index contributed by atoms with van der Waals surface area (Å²) in [6.45, 7) is 2.17. The maximum absolute atomic E-state index is 12.2. The Bertz CT molecular complexity index is 474. The van der Waals surface area contributed by atoms with Crippen molar-refractivity contribution in [2.45, 2.75) is 38.6 Å². The van der Waals surface area contributed by atoms with E-state index in [0.717, 1.165) is 12.8 Å². The molecule has 0 N–H and O–H groups in total. The van der Waals surface area contributed by atoms with Crippen LogP contribution in [0.2, 0.25) is 0 Å². The number of hydrogen-bond acceptors (Lipinski definition) is 2. The van der Waals surface area contributed by atoms with E-state index in [9.17, 15) is 9.59 Å². The highest BCUT2D eigenvalue weighted by molar-refractivity contribution is 6.21. The number of benzene rings is 1. The lowest BCUT2D eigenvalue weighted by Crippen LogP contribution is -2.33. The van der Waals surface area contributed by atoms with E-state index in [1.54, 1.807) is 12.1 Å². The predicted molar refractivity (Wildman–Crippen MR) is 68.4 cm³/mol. The number of carbonyl (C=O) groups excluding carboxylic acids is 2. The van der Waals surface area contributed by atoms with Gasteiger partial charge in [0.15, 0.2) is 0 Å². The van der Waals surface area contributed by atoms with Crippen molar-refractivity contribution < 1.29 is 9.59 Å². The first-order valence-corrected chi connectivity index (χ1v) is 6.71. The number of imide groups is 1. The third-order valence-corrected chi connectivity index (χ3v) is 3.97. The van der Waals surface area contributed by atoms with E-state index < -0.39 is 0 Å². The molecule has 3 rings (SSSR count). The van der Waals surface area contributed by atoms with Crippen LogP contribution in [0.15, 0.2) is 24.3 Å².